The highest BCUT2D eigenvalue weighted by atomic mass is 16.5. The maximum atomic E-state index is 11.4. The van der Waals surface area contributed by atoms with Crippen LogP contribution in [0.2, 0.25) is 0 Å². The van der Waals surface area contributed by atoms with Crippen LogP contribution in [-0.4, -0.2) is 25.0 Å². The van der Waals surface area contributed by atoms with Gasteiger partial charge in [0.2, 0.25) is 0 Å². The minimum Gasteiger partial charge on any atom is -0.379 e. The number of nitrogens with two attached hydrogens (primary N) is 1. The van der Waals surface area contributed by atoms with Gasteiger partial charge in [0.1, 0.15) is 5.78 Å². The summed E-state index contributed by atoms with van der Waals surface area (Å²) in [5, 5.41) is 0. The molecule has 0 aromatic carbocycles. The first kappa shape index (κ1) is 8.68. The second-order valence-corrected chi connectivity index (χ2v) is 3.36. The number of ether oxygens (including phenoxy) is 1. The first-order chi connectivity index (χ1) is 5.13. The Morgan fingerprint density at radius 3 is 2.55 bits per heavy atom. The summed E-state index contributed by atoms with van der Waals surface area (Å²) in [6.07, 6.45) is 0. The molecule has 0 aromatic heterocycles. The van der Waals surface area contributed by atoms with Crippen molar-refractivity contribution in [1.82, 2.24) is 0 Å². The fraction of sp³-hybridized carbons (Fsp3) is 0.875. The number of ketones is 1. The molecule has 1 aliphatic heterocycles. The van der Waals surface area contributed by atoms with Crippen LogP contribution in [0.3, 0.4) is 0 Å². The molecule has 3 nitrogen and oxygen atoms in total. The average molecular weight is 157 g/mol. The molecule has 64 valence electrons. The number of carbonyl (C=O) groups excluding carboxylic acids is 1. The third-order valence-corrected chi connectivity index (χ3v) is 2.06. The van der Waals surface area contributed by atoms with Gasteiger partial charge in [-0.1, -0.05) is 13.8 Å². The van der Waals surface area contributed by atoms with Crippen molar-refractivity contribution in [2.45, 2.75) is 19.9 Å². The van der Waals surface area contributed by atoms with Crippen LogP contribution < -0.4 is 5.73 Å². The molecule has 0 bridgehead atoms. The molecule has 0 amide bonds. The van der Waals surface area contributed by atoms with Crippen molar-refractivity contribution < 1.29 is 9.53 Å². The topological polar surface area (TPSA) is 52.3 Å². The van der Waals surface area contributed by atoms with Gasteiger partial charge in [-0.2, -0.15) is 0 Å². The Labute approximate surface area is 66.9 Å². The Kier molecular flexibility index (Phi) is 2.62. The van der Waals surface area contributed by atoms with E-state index in [2.05, 4.69) is 0 Å². The Morgan fingerprint density at radius 2 is 2.18 bits per heavy atom. The summed E-state index contributed by atoms with van der Waals surface area (Å²) < 4.78 is 5.09. The molecule has 2 unspecified atom stereocenters. The van der Waals surface area contributed by atoms with Gasteiger partial charge in [0.15, 0.2) is 0 Å². The van der Waals surface area contributed by atoms with Crippen molar-refractivity contribution in [3.63, 3.8) is 0 Å². The van der Waals surface area contributed by atoms with Crippen LogP contribution in [0.15, 0.2) is 0 Å². The molecule has 0 aromatic rings. The Bertz CT molecular complexity index is 156. The highest BCUT2D eigenvalue weighted by Crippen LogP contribution is 2.16. The van der Waals surface area contributed by atoms with E-state index in [-0.39, 0.29) is 23.7 Å². The normalized spacial score (nSPS) is 31.3. The monoisotopic (exact) mass is 157 g/mol. The lowest BCUT2D eigenvalue weighted by atomic mass is 9.92. The zero-order valence-corrected chi connectivity index (χ0v) is 7.04. The van der Waals surface area contributed by atoms with Gasteiger partial charge in [0.05, 0.1) is 19.1 Å². The Morgan fingerprint density at radius 1 is 1.55 bits per heavy atom. The number of hydrogen-bond acceptors (Lipinski definition) is 3. The van der Waals surface area contributed by atoms with Crippen LogP contribution >= 0.6 is 0 Å². The van der Waals surface area contributed by atoms with Gasteiger partial charge in [-0.15, -0.1) is 0 Å². The fourth-order valence-corrected chi connectivity index (χ4v) is 1.29. The summed E-state index contributed by atoms with van der Waals surface area (Å²) in [6.45, 7) is 4.84. The Balaban J connectivity index is 2.53. The summed E-state index contributed by atoms with van der Waals surface area (Å²) in [5.41, 5.74) is 5.67. The molecular weight excluding hydrogens is 142 g/mol. The van der Waals surface area contributed by atoms with Crippen LogP contribution in [-0.2, 0) is 9.53 Å². The first-order valence-corrected chi connectivity index (χ1v) is 4.00. The van der Waals surface area contributed by atoms with Crippen LogP contribution in [0.4, 0.5) is 0 Å². The van der Waals surface area contributed by atoms with E-state index in [0.717, 1.165) is 0 Å². The van der Waals surface area contributed by atoms with E-state index in [1.165, 1.54) is 0 Å². The van der Waals surface area contributed by atoms with Gasteiger partial charge < -0.3 is 10.5 Å². The summed E-state index contributed by atoms with van der Waals surface area (Å²) in [7, 11) is 0. The van der Waals surface area contributed by atoms with Crippen molar-refractivity contribution in [2.75, 3.05) is 13.2 Å². The lowest BCUT2D eigenvalue weighted by molar-refractivity contribution is -0.126. The lowest BCUT2D eigenvalue weighted by Gasteiger charge is -2.13. The SMILES string of the molecule is CC(C)C(=O)C1COCC1N. The van der Waals surface area contributed by atoms with Crippen molar-refractivity contribution in [2.24, 2.45) is 17.6 Å². The van der Waals surface area contributed by atoms with E-state index in [1.54, 1.807) is 0 Å². The second kappa shape index (κ2) is 3.32. The summed E-state index contributed by atoms with van der Waals surface area (Å²) in [5.74, 6) is 0.248. The maximum Gasteiger partial charge on any atom is 0.142 e. The van der Waals surface area contributed by atoms with Gasteiger partial charge >= 0.3 is 0 Å². The van der Waals surface area contributed by atoms with Crippen LogP contribution in [0.1, 0.15) is 13.8 Å². The zero-order valence-electron chi connectivity index (χ0n) is 7.04. The van der Waals surface area contributed by atoms with E-state index < -0.39 is 0 Å². The predicted molar refractivity (Wildman–Crippen MR) is 42.1 cm³/mol. The minimum atomic E-state index is -0.0788. The van der Waals surface area contributed by atoms with E-state index in [1.807, 2.05) is 13.8 Å². The lowest BCUT2D eigenvalue weighted by Crippen LogP contribution is -2.36. The third-order valence-electron chi connectivity index (χ3n) is 2.06. The van der Waals surface area contributed by atoms with E-state index in [4.69, 9.17) is 10.5 Å². The quantitative estimate of drug-likeness (QED) is 0.622. The molecule has 1 fully saturated rings. The largest absolute Gasteiger partial charge is 0.379 e. The minimum absolute atomic E-state index is 0.0602. The van der Waals surface area contributed by atoms with E-state index in [0.29, 0.717) is 13.2 Å². The van der Waals surface area contributed by atoms with Crippen LogP contribution in [0.25, 0.3) is 0 Å². The van der Waals surface area contributed by atoms with Gasteiger partial charge in [0, 0.05) is 12.0 Å². The van der Waals surface area contributed by atoms with E-state index in [9.17, 15) is 4.79 Å². The molecule has 1 rings (SSSR count). The first-order valence-electron chi connectivity index (χ1n) is 4.00. The molecule has 2 atom stereocenters. The predicted octanol–water partition coefficient (Wildman–Crippen LogP) is 0.185. The van der Waals surface area contributed by atoms with Crippen molar-refractivity contribution in [3.05, 3.63) is 0 Å². The summed E-state index contributed by atoms with van der Waals surface area (Å²) in [4.78, 5) is 11.4. The third kappa shape index (κ3) is 1.79. The van der Waals surface area contributed by atoms with Crippen LogP contribution in [0, 0.1) is 11.8 Å². The summed E-state index contributed by atoms with van der Waals surface area (Å²) in [6, 6.07) is -0.0788. The zero-order chi connectivity index (χ0) is 8.43. The van der Waals surface area contributed by atoms with Crippen LogP contribution in [0.5, 0.6) is 0 Å². The molecule has 0 saturated carbocycles. The van der Waals surface area contributed by atoms with Gasteiger partial charge in [-0.25, -0.2) is 0 Å². The highest BCUT2D eigenvalue weighted by molar-refractivity contribution is 5.83. The number of rotatable bonds is 2. The number of hydrogen-bond donors (Lipinski definition) is 1. The molecule has 0 radical (unpaired) electrons. The molecule has 1 saturated heterocycles. The standard InChI is InChI=1S/C8H15NO2/c1-5(2)8(10)6-3-11-4-7(6)9/h5-7H,3-4,9H2,1-2H3. The smallest absolute Gasteiger partial charge is 0.142 e. The maximum absolute atomic E-state index is 11.4. The molecular formula is C8H15NO2. The molecule has 1 aliphatic rings. The van der Waals surface area contributed by atoms with Crippen molar-refractivity contribution in [1.29, 1.82) is 0 Å². The fourth-order valence-electron chi connectivity index (χ4n) is 1.29. The highest BCUT2D eigenvalue weighted by Gasteiger charge is 2.32. The average Bonchev–Trinajstić information content (AvgIpc) is 2.33. The molecule has 3 heteroatoms. The number of Topliss-reactive ketones (excluding diaryl/α,β-unsaturated/α-hetero) is 1. The molecule has 0 spiro atoms. The van der Waals surface area contributed by atoms with Gasteiger partial charge in [-0.3, -0.25) is 4.79 Å². The van der Waals surface area contributed by atoms with Gasteiger partial charge in [-0.05, 0) is 0 Å². The summed E-state index contributed by atoms with van der Waals surface area (Å²) >= 11 is 0. The van der Waals surface area contributed by atoms with Crippen molar-refractivity contribution >= 4 is 5.78 Å². The van der Waals surface area contributed by atoms with Crippen molar-refractivity contribution in [3.8, 4) is 0 Å². The molecule has 11 heavy (non-hydrogen) atoms. The molecule has 1 heterocycles. The number of carbonyl (C=O) groups is 1. The molecule has 2 N–H and O–H groups in total. The van der Waals surface area contributed by atoms with Gasteiger partial charge in [0.25, 0.3) is 0 Å². The second-order valence-electron chi connectivity index (χ2n) is 3.36. The Hall–Kier alpha value is -0.410. The molecule has 0 aliphatic carbocycles. The van der Waals surface area contributed by atoms with E-state index >= 15 is 0 Å².